The number of halogens is 4. The van der Waals surface area contributed by atoms with Crippen LogP contribution >= 0.6 is 0 Å². The van der Waals surface area contributed by atoms with E-state index in [1.165, 1.54) is 16.9 Å². The second kappa shape index (κ2) is 6.28. The summed E-state index contributed by atoms with van der Waals surface area (Å²) in [4.78, 5) is 12.8. The lowest BCUT2D eigenvalue weighted by Gasteiger charge is -2.40. The van der Waals surface area contributed by atoms with Crippen molar-refractivity contribution in [3.05, 3.63) is 53.1 Å². The molecule has 0 unspecified atom stereocenters. The molecule has 7 heteroatoms. The average Bonchev–Trinajstić information content (AvgIpc) is 2.92. The Labute approximate surface area is 142 Å². The summed E-state index contributed by atoms with van der Waals surface area (Å²) in [6.07, 6.45) is -0.282. The van der Waals surface area contributed by atoms with E-state index in [-0.39, 0.29) is 24.2 Å². The summed E-state index contributed by atoms with van der Waals surface area (Å²) in [5, 5.41) is 3.90. The fraction of sp³-hybridized carbons (Fsp3) is 0.444. The topological polar surface area (TPSA) is 34.9 Å². The third kappa shape index (κ3) is 3.19. The van der Waals surface area contributed by atoms with Crippen molar-refractivity contribution in [2.45, 2.75) is 50.7 Å². The van der Waals surface area contributed by atoms with Crippen LogP contribution in [0.5, 0.6) is 0 Å². The van der Waals surface area contributed by atoms with Crippen molar-refractivity contribution >= 4 is 5.78 Å². The number of ketones is 1. The smallest absolute Gasteiger partial charge is 0.297 e. The third-order valence-corrected chi connectivity index (χ3v) is 4.91. The van der Waals surface area contributed by atoms with Crippen molar-refractivity contribution in [3.8, 4) is 0 Å². The van der Waals surface area contributed by atoms with Crippen molar-refractivity contribution in [1.29, 1.82) is 0 Å². The fourth-order valence-electron chi connectivity index (χ4n) is 3.34. The van der Waals surface area contributed by atoms with Crippen molar-refractivity contribution in [2.75, 3.05) is 0 Å². The first kappa shape index (κ1) is 17.6. The van der Waals surface area contributed by atoms with Gasteiger partial charge in [-0.05, 0) is 42.9 Å². The molecule has 0 bridgehead atoms. The van der Waals surface area contributed by atoms with Crippen molar-refractivity contribution in [1.82, 2.24) is 9.78 Å². The molecule has 2 aromatic rings. The van der Waals surface area contributed by atoms with Gasteiger partial charge in [0.05, 0.1) is 18.0 Å². The Morgan fingerprint density at radius 3 is 2.52 bits per heavy atom. The minimum Gasteiger partial charge on any atom is -0.297 e. The summed E-state index contributed by atoms with van der Waals surface area (Å²) in [7, 11) is 0. The molecule has 3 nitrogen and oxygen atoms in total. The maximum absolute atomic E-state index is 13.3. The first-order valence-electron chi connectivity index (χ1n) is 8.19. The number of hydrogen-bond donors (Lipinski definition) is 0. The van der Waals surface area contributed by atoms with E-state index >= 15 is 0 Å². The van der Waals surface area contributed by atoms with Gasteiger partial charge >= 0.3 is 6.18 Å². The molecule has 1 saturated carbocycles. The summed E-state index contributed by atoms with van der Waals surface area (Å²) < 4.78 is 54.1. The van der Waals surface area contributed by atoms with Gasteiger partial charge in [-0.15, -0.1) is 0 Å². The standard InChI is InChI=1S/C18H18F4N2O/c1-2-13-5-4-12(8-15(13)18(20,21)22)9-16(25)17(6-3-7-17)24-11-14(19)10-23-24/h4-5,8,10-11H,2-3,6-7,9H2,1H3. The van der Waals surface area contributed by atoms with Gasteiger partial charge in [-0.25, -0.2) is 4.39 Å². The van der Waals surface area contributed by atoms with E-state index in [0.29, 0.717) is 18.4 Å². The quantitative estimate of drug-likeness (QED) is 0.751. The predicted octanol–water partition coefficient (Wildman–Crippen LogP) is 4.29. The van der Waals surface area contributed by atoms with Gasteiger partial charge < -0.3 is 0 Å². The van der Waals surface area contributed by atoms with Crippen LogP contribution in [0.4, 0.5) is 17.6 Å². The number of carbonyl (C=O) groups is 1. The monoisotopic (exact) mass is 354 g/mol. The maximum Gasteiger partial charge on any atom is 0.416 e. The highest BCUT2D eigenvalue weighted by Gasteiger charge is 2.46. The Balaban J connectivity index is 1.88. The van der Waals surface area contributed by atoms with E-state index in [1.807, 2.05) is 0 Å². The summed E-state index contributed by atoms with van der Waals surface area (Å²) in [5.74, 6) is -0.773. The van der Waals surface area contributed by atoms with Crippen LogP contribution in [0.3, 0.4) is 0 Å². The minimum absolute atomic E-state index is 0.130. The number of rotatable bonds is 5. The first-order valence-corrected chi connectivity index (χ1v) is 8.19. The lowest BCUT2D eigenvalue weighted by Crippen LogP contribution is -2.49. The minimum atomic E-state index is -4.45. The number of hydrogen-bond acceptors (Lipinski definition) is 2. The highest BCUT2D eigenvalue weighted by molar-refractivity contribution is 5.89. The van der Waals surface area contributed by atoms with Crippen LogP contribution in [0.25, 0.3) is 0 Å². The predicted molar refractivity (Wildman–Crippen MR) is 83.5 cm³/mol. The lowest BCUT2D eigenvalue weighted by atomic mass is 9.72. The number of Topliss-reactive ketones (excluding diaryl/α,β-unsaturated/α-hetero) is 1. The van der Waals surface area contributed by atoms with Gasteiger partial charge in [0.15, 0.2) is 11.6 Å². The Morgan fingerprint density at radius 1 is 1.32 bits per heavy atom. The van der Waals surface area contributed by atoms with E-state index in [0.717, 1.165) is 18.7 Å². The van der Waals surface area contributed by atoms with Crippen LogP contribution in [0, 0.1) is 5.82 Å². The molecular weight excluding hydrogens is 336 g/mol. The van der Waals surface area contributed by atoms with Gasteiger partial charge in [0.2, 0.25) is 0 Å². The summed E-state index contributed by atoms with van der Waals surface area (Å²) in [6.45, 7) is 1.66. The number of carbonyl (C=O) groups excluding carboxylic acids is 1. The number of benzene rings is 1. The van der Waals surface area contributed by atoms with Crippen molar-refractivity contribution in [3.63, 3.8) is 0 Å². The molecule has 0 saturated heterocycles. The molecule has 1 aliphatic carbocycles. The van der Waals surface area contributed by atoms with Gasteiger partial charge in [-0.3, -0.25) is 9.48 Å². The van der Waals surface area contributed by atoms with Crippen LogP contribution in [0.2, 0.25) is 0 Å². The van der Waals surface area contributed by atoms with Gasteiger partial charge in [0, 0.05) is 6.42 Å². The Bertz CT molecular complexity index is 791. The Hall–Kier alpha value is -2.18. The van der Waals surface area contributed by atoms with E-state index in [9.17, 15) is 22.4 Å². The molecule has 0 aliphatic heterocycles. The van der Waals surface area contributed by atoms with Gasteiger partial charge in [0.1, 0.15) is 5.54 Å². The number of alkyl halides is 3. The summed E-state index contributed by atoms with van der Waals surface area (Å²) in [5.41, 5.74) is -1.12. The van der Waals surface area contributed by atoms with Crippen LogP contribution < -0.4 is 0 Å². The Morgan fingerprint density at radius 2 is 2.04 bits per heavy atom. The molecule has 1 aromatic carbocycles. The average molecular weight is 354 g/mol. The number of aromatic nitrogens is 2. The lowest BCUT2D eigenvalue weighted by molar-refractivity contribution is -0.138. The van der Waals surface area contributed by atoms with Crippen molar-refractivity contribution in [2.24, 2.45) is 0 Å². The molecule has 134 valence electrons. The highest BCUT2D eigenvalue weighted by Crippen LogP contribution is 2.41. The molecule has 1 aliphatic rings. The number of nitrogens with zero attached hydrogens (tertiary/aromatic N) is 2. The van der Waals surface area contributed by atoms with E-state index in [2.05, 4.69) is 5.10 Å². The molecule has 0 radical (unpaired) electrons. The second-order valence-corrected chi connectivity index (χ2v) is 6.43. The van der Waals surface area contributed by atoms with E-state index < -0.39 is 23.1 Å². The summed E-state index contributed by atoms with van der Waals surface area (Å²) >= 11 is 0. The van der Waals surface area contributed by atoms with Crippen LogP contribution in [0.1, 0.15) is 42.9 Å². The van der Waals surface area contributed by atoms with Crippen LogP contribution in [0.15, 0.2) is 30.6 Å². The highest BCUT2D eigenvalue weighted by atomic mass is 19.4. The van der Waals surface area contributed by atoms with Crippen LogP contribution in [-0.2, 0) is 29.4 Å². The maximum atomic E-state index is 13.3. The zero-order valence-electron chi connectivity index (χ0n) is 13.7. The SMILES string of the molecule is CCc1ccc(CC(=O)C2(n3cc(F)cn3)CCC2)cc1C(F)(F)F. The first-order chi connectivity index (χ1) is 11.8. The molecule has 25 heavy (non-hydrogen) atoms. The molecule has 1 fully saturated rings. The van der Waals surface area contributed by atoms with Crippen molar-refractivity contribution < 1.29 is 22.4 Å². The fourth-order valence-corrected chi connectivity index (χ4v) is 3.34. The molecule has 1 heterocycles. The largest absolute Gasteiger partial charge is 0.416 e. The molecule has 0 atom stereocenters. The summed E-state index contributed by atoms with van der Waals surface area (Å²) in [6, 6.07) is 4.03. The molecule has 1 aromatic heterocycles. The molecule has 0 amide bonds. The number of aryl methyl sites for hydroxylation is 1. The molecule has 0 spiro atoms. The normalized spacial score (nSPS) is 16.5. The second-order valence-electron chi connectivity index (χ2n) is 6.43. The van der Waals surface area contributed by atoms with Crippen LogP contribution in [-0.4, -0.2) is 15.6 Å². The van der Waals surface area contributed by atoms with Gasteiger partial charge in [-0.1, -0.05) is 19.1 Å². The van der Waals surface area contributed by atoms with Gasteiger partial charge in [0.25, 0.3) is 0 Å². The van der Waals surface area contributed by atoms with Gasteiger partial charge in [-0.2, -0.15) is 18.3 Å². The molecule has 3 rings (SSSR count). The molecular formula is C18H18F4N2O. The molecule has 0 N–H and O–H groups in total. The third-order valence-electron chi connectivity index (χ3n) is 4.91. The zero-order valence-corrected chi connectivity index (χ0v) is 13.7. The zero-order chi connectivity index (χ0) is 18.2. The van der Waals surface area contributed by atoms with E-state index in [1.54, 1.807) is 13.0 Å². The Kier molecular flexibility index (Phi) is 4.43. The van der Waals surface area contributed by atoms with E-state index in [4.69, 9.17) is 0 Å².